The fraction of sp³-hybridized carbons (Fsp3) is 0.389. The lowest BCUT2D eigenvalue weighted by Gasteiger charge is -2.34. The maximum Gasteiger partial charge on any atom is 0.263 e. The number of rotatable bonds is 3. The Morgan fingerprint density at radius 3 is 2.50 bits per heavy atom. The van der Waals surface area contributed by atoms with Gasteiger partial charge < -0.3 is 14.3 Å². The van der Waals surface area contributed by atoms with Crippen molar-refractivity contribution in [1.29, 1.82) is 0 Å². The molecule has 0 amide bonds. The number of benzene rings is 1. The van der Waals surface area contributed by atoms with Crippen molar-refractivity contribution in [3.8, 4) is 11.3 Å². The van der Waals surface area contributed by atoms with Gasteiger partial charge in [0.2, 0.25) is 0 Å². The Balaban J connectivity index is 1.76. The standard InChI is InChI=1S/C18H21N5O/c1-3-22-8-10-23(11-9-22)17-15-16(14-6-4-13(2)5-7-14)21-24-18(15)20-12-19-17/h4-7,12H,3,8-11H2,1-2H3. The average molecular weight is 323 g/mol. The van der Waals surface area contributed by atoms with E-state index >= 15 is 0 Å². The molecule has 1 aromatic carbocycles. The highest BCUT2D eigenvalue weighted by atomic mass is 16.5. The molecule has 6 nitrogen and oxygen atoms in total. The molecule has 6 heteroatoms. The van der Waals surface area contributed by atoms with E-state index in [4.69, 9.17) is 4.52 Å². The SMILES string of the molecule is CCN1CCN(c2ncnc3onc(-c4ccc(C)cc4)c23)CC1. The van der Waals surface area contributed by atoms with Gasteiger partial charge in [0.1, 0.15) is 23.2 Å². The fourth-order valence-electron chi connectivity index (χ4n) is 3.20. The van der Waals surface area contributed by atoms with Gasteiger partial charge >= 0.3 is 0 Å². The third-order valence-electron chi connectivity index (χ3n) is 4.70. The monoisotopic (exact) mass is 323 g/mol. The van der Waals surface area contributed by atoms with Crippen LogP contribution in [0.1, 0.15) is 12.5 Å². The summed E-state index contributed by atoms with van der Waals surface area (Å²) in [5, 5.41) is 5.18. The minimum Gasteiger partial charge on any atom is -0.353 e. The van der Waals surface area contributed by atoms with Crippen LogP contribution in [0.15, 0.2) is 35.1 Å². The summed E-state index contributed by atoms with van der Waals surface area (Å²) in [7, 11) is 0. The summed E-state index contributed by atoms with van der Waals surface area (Å²) in [6.07, 6.45) is 1.56. The van der Waals surface area contributed by atoms with Gasteiger partial charge in [0.05, 0.1) is 0 Å². The first-order valence-corrected chi connectivity index (χ1v) is 8.41. The van der Waals surface area contributed by atoms with Crippen molar-refractivity contribution >= 4 is 16.9 Å². The van der Waals surface area contributed by atoms with E-state index in [2.05, 4.69) is 63.0 Å². The summed E-state index contributed by atoms with van der Waals surface area (Å²) >= 11 is 0. The first-order chi connectivity index (χ1) is 11.8. The van der Waals surface area contributed by atoms with Crippen LogP contribution in [0.4, 0.5) is 5.82 Å². The second-order valence-electron chi connectivity index (χ2n) is 6.20. The highest BCUT2D eigenvalue weighted by Gasteiger charge is 2.23. The number of hydrogen-bond acceptors (Lipinski definition) is 6. The van der Waals surface area contributed by atoms with Crippen LogP contribution >= 0.6 is 0 Å². The van der Waals surface area contributed by atoms with E-state index in [0.717, 1.165) is 55.2 Å². The predicted molar refractivity (Wildman–Crippen MR) is 94.1 cm³/mol. The Morgan fingerprint density at radius 2 is 1.79 bits per heavy atom. The Bertz CT molecular complexity index is 834. The number of aromatic nitrogens is 3. The zero-order chi connectivity index (χ0) is 16.5. The van der Waals surface area contributed by atoms with Crippen LogP contribution in [0, 0.1) is 6.92 Å². The van der Waals surface area contributed by atoms with Crippen LogP contribution in [-0.4, -0.2) is 52.7 Å². The molecule has 2 aromatic heterocycles. The first-order valence-electron chi connectivity index (χ1n) is 8.41. The summed E-state index contributed by atoms with van der Waals surface area (Å²) in [5.41, 5.74) is 3.62. The lowest BCUT2D eigenvalue weighted by molar-refractivity contribution is 0.271. The van der Waals surface area contributed by atoms with E-state index in [1.165, 1.54) is 5.56 Å². The van der Waals surface area contributed by atoms with E-state index in [-0.39, 0.29) is 0 Å². The van der Waals surface area contributed by atoms with Gasteiger partial charge in [-0.05, 0) is 13.5 Å². The molecule has 0 atom stereocenters. The number of hydrogen-bond donors (Lipinski definition) is 0. The van der Waals surface area contributed by atoms with Crippen LogP contribution < -0.4 is 4.90 Å². The lowest BCUT2D eigenvalue weighted by Crippen LogP contribution is -2.46. The van der Waals surface area contributed by atoms with Crippen molar-refractivity contribution in [2.45, 2.75) is 13.8 Å². The Kier molecular flexibility index (Phi) is 3.90. The summed E-state index contributed by atoms with van der Waals surface area (Å²) in [4.78, 5) is 13.6. The molecule has 1 aliphatic rings. The molecule has 124 valence electrons. The van der Waals surface area contributed by atoms with Gasteiger partial charge in [-0.1, -0.05) is 41.9 Å². The fourth-order valence-corrected chi connectivity index (χ4v) is 3.20. The van der Waals surface area contributed by atoms with E-state index in [0.29, 0.717) is 5.71 Å². The van der Waals surface area contributed by atoms with Crippen molar-refractivity contribution < 1.29 is 4.52 Å². The van der Waals surface area contributed by atoms with Gasteiger partial charge in [-0.3, -0.25) is 0 Å². The first kappa shape index (κ1) is 15.1. The zero-order valence-corrected chi connectivity index (χ0v) is 14.1. The molecule has 3 aromatic rings. The highest BCUT2D eigenvalue weighted by molar-refractivity contribution is 5.97. The smallest absolute Gasteiger partial charge is 0.263 e. The van der Waals surface area contributed by atoms with Gasteiger partial charge in [-0.2, -0.15) is 4.98 Å². The number of piperazine rings is 1. The summed E-state index contributed by atoms with van der Waals surface area (Å²) in [5.74, 6) is 0.924. The molecule has 0 N–H and O–H groups in total. The van der Waals surface area contributed by atoms with Gasteiger partial charge in [-0.15, -0.1) is 0 Å². The molecule has 24 heavy (non-hydrogen) atoms. The van der Waals surface area contributed by atoms with Crippen molar-refractivity contribution in [2.75, 3.05) is 37.6 Å². The van der Waals surface area contributed by atoms with Crippen molar-refractivity contribution in [3.05, 3.63) is 36.2 Å². The highest BCUT2D eigenvalue weighted by Crippen LogP contribution is 2.33. The van der Waals surface area contributed by atoms with Gasteiger partial charge in [0.25, 0.3) is 5.71 Å². The molecule has 0 radical (unpaired) electrons. The molecule has 3 heterocycles. The molecule has 4 rings (SSSR count). The number of anilines is 1. The van der Waals surface area contributed by atoms with E-state index < -0.39 is 0 Å². The topological polar surface area (TPSA) is 58.3 Å². The number of fused-ring (bicyclic) bond motifs is 1. The van der Waals surface area contributed by atoms with Crippen molar-refractivity contribution in [2.24, 2.45) is 0 Å². The Morgan fingerprint density at radius 1 is 1.04 bits per heavy atom. The molecule has 0 unspecified atom stereocenters. The molecule has 0 aliphatic carbocycles. The largest absolute Gasteiger partial charge is 0.353 e. The third-order valence-corrected chi connectivity index (χ3v) is 4.70. The summed E-state index contributed by atoms with van der Waals surface area (Å²) in [6.45, 7) is 9.38. The predicted octanol–water partition coefficient (Wildman–Crippen LogP) is 2.74. The zero-order valence-electron chi connectivity index (χ0n) is 14.1. The van der Waals surface area contributed by atoms with Gasteiger partial charge in [0, 0.05) is 31.7 Å². The maximum atomic E-state index is 5.47. The maximum absolute atomic E-state index is 5.47. The van der Waals surface area contributed by atoms with Crippen LogP contribution in [0.25, 0.3) is 22.4 Å². The van der Waals surface area contributed by atoms with Gasteiger partial charge in [0.15, 0.2) is 0 Å². The van der Waals surface area contributed by atoms with Gasteiger partial charge in [-0.25, -0.2) is 4.98 Å². The lowest BCUT2D eigenvalue weighted by atomic mass is 10.1. The molecule has 1 fully saturated rings. The normalized spacial score (nSPS) is 16.0. The second kappa shape index (κ2) is 6.20. The quantitative estimate of drug-likeness (QED) is 0.739. The van der Waals surface area contributed by atoms with E-state index in [1.807, 2.05) is 0 Å². The molecule has 1 saturated heterocycles. The third kappa shape index (κ3) is 2.63. The molecule has 0 bridgehead atoms. The molecule has 1 aliphatic heterocycles. The minimum absolute atomic E-state index is 0.550. The number of likely N-dealkylation sites (N-methyl/N-ethyl adjacent to an activating group) is 1. The Hall–Kier alpha value is -2.47. The van der Waals surface area contributed by atoms with Crippen LogP contribution in [-0.2, 0) is 0 Å². The number of nitrogens with zero attached hydrogens (tertiary/aromatic N) is 5. The van der Waals surface area contributed by atoms with E-state index in [9.17, 15) is 0 Å². The second-order valence-corrected chi connectivity index (χ2v) is 6.20. The summed E-state index contributed by atoms with van der Waals surface area (Å²) < 4.78 is 5.47. The summed E-state index contributed by atoms with van der Waals surface area (Å²) in [6, 6.07) is 8.30. The molecule has 0 spiro atoms. The van der Waals surface area contributed by atoms with E-state index in [1.54, 1.807) is 6.33 Å². The molecule has 0 saturated carbocycles. The Labute approximate surface area is 141 Å². The average Bonchev–Trinajstić information content (AvgIpc) is 3.07. The molecular formula is C18H21N5O. The minimum atomic E-state index is 0.550. The van der Waals surface area contributed by atoms with Crippen LogP contribution in [0.2, 0.25) is 0 Å². The van der Waals surface area contributed by atoms with Crippen LogP contribution in [0.5, 0.6) is 0 Å². The van der Waals surface area contributed by atoms with Crippen LogP contribution in [0.3, 0.4) is 0 Å². The molecular weight excluding hydrogens is 302 g/mol. The van der Waals surface area contributed by atoms with Crippen molar-refractivity contribution in [1.82, 2.24) is 20.0 Å². The number of aryl methyl sites for hydroxylation is 1. The van der Waals surface area contributed by atoms with Crippen molar-refractivity contribution in [3.63, 3.8) is 0 Å².